The van der Waals surface area contributed by atoms with Crippen LogP contribution in [0.2, 0.25) is 0 Å². The van der Waals surface area contributed by atoms with Gasteiger partial charge in [0.05, 0.1) is 29.3 Å². The minimum atomic E-state index is -0.230. The summed E-state index contributed by atoms with van der Waals surface area (Å²) in [6, 6.07) is 17.2. The first-order chi connectivity index (χ1) is 17.8. The quantitative estimate of drug-likeness (QED) is 0.411. The van der Waals surface area contributed by atoms with Crippen LogP contribution >= 0.6 is 0 Å². The van der Waals surface area contributed by atoms with E-state index in [1.54, 1.807) is 31.4 Å². The number of hydrogen-bond donors (Lipinski definition) is 1. The van der Waals surface area contributed by atoms with E-state index in [0.29, 0.717) is 30.5 Å². The molecule has 1 atom stereocenters. The number of amides is 2. The van der Waals surface area contributed by atoms with E-state index in [1.165, 1.54) is 10.5 Å². The fraction of sp³-hybridized carbons (Fsp3) is 0.290. The number of carbonyl (C=O) groups excluding carboxylic acids is 2. The van der Waals surface area contributed by atoms with E-state index in [0.717, 1.165) is 39.4 Å². The SMILES string of the molecule is COc1cccc2c1-c1ccc3c(c1C(CCCN1C(=O)c4ccccc4C1=O)O2)C(C)=CC(C)(C)N3. The highest BCUT2D eigenvalue weighted by molar-refractivity contribution is 6.21. The Morgan fingerprint density at radius 3 is 2.38 bits per heavy atom. The fourth-order valence-electron chi connectivity index (χ4n) is 6.03. The number of allylic oxidation sites excluding steroid dienone is 1. The molecule has 6 rings (SSSR count). The number of imide groups is 1. The van der Waals surface area contributed by atoms with Gasteiger partial charge in [0.15, 0.2) is 0 Å². The standard InChI is InChI=1S/C31H30N2O4/c1-18-17-31(2,3)32-22-15-14-21-27-23(36-4)11-7-12-24(27)37-25(28(21)26(18)22)13-8-16-33-29(34)19-9-5-6-10-20(19)30(33)35/h5-7,9-12,14-15,17,25,32H,8,13,16H2,1-4H3. The van der Waals surface area contributed by atoms with E-state index in [-0.39, 0.29) is 23.5 Å². The number of fused-ring (bicyclic) bond motifs is 6. The molecule has 3 heterocycles. The molecule has 0 spiro atoms. The summed E-state index contributed by atoms with van der Waals surface area (Å²) in [4.78, 5) is 27.1. The second-order valence-electron chi connectivity index (χ2n) is 10.5. The van der Waals surface area contributed by atoms with Crippen molar-refractivity contribution in [2.75, 3.05) is 19.0 Å². The minimum Gasteiger partial charge on any atom is -0.496 e. The van der Waals surface area contributed by atoms with Crippen molar-refractivity contribution in [3.05, 3.63) is 82.9 Å². The van der Waals surface area contributed by atoms with Crippen molar-refractivity contribution in [1.82, 2.24) is 4.90 Å². The zero-order valence-electron chi connectivity index (χ0n) is 21.6. The number of ether oxygens (including phenoxy) is 2. The van der Waals surface area contributed by atoms with Crippen LogP contribution < -0.4 is 14.8 Å². The lowest BCUT2D eigenvalue weighted by Gasteiger charge is -2.37. The molecule has 3 aliphatic rings. The highest BCUT2D eigenvalue weighted by atomic mass is 16.5. The minimum absolute atomic E-state index is 0.155. The third-order valence-corrected chi connectivity index (χ3v) is 7.47. The van der Waals surface area contributed by atoms with Crippen molar-refractivity contribution in [1.29, 1.82) is 0 Å². The number of benzene rings is 3. The van der Waals surface area contributed by atoms with E-state index in [9.17, 15) is 9.59 Å². The maximum absolute atomic E-state index is 12.9. The van der Waals surface area contributed by atoms with Crippen molar-refractivity contribution < 1.29 is 19.1 Å². The summed E-state index contributed by atoms with van der Waals surface area (Å²) in [5.41, 5.74) is 7.41. The lowest BCUT2D eigenvalue weighted by molar-refractivity contribution is 0.0644. The number of methoxy groups -OCH3 is 1. The largest absolute Gasteiger partial charge is 0.496 e. The van der Waals surface area contributed by atoms with Crippen LogP contribution in [0.3, 0.4) is 0 Å². The lowest BCUT2D eigenvalue weighted by atomic mass is 9.81. The number of anilines is 1. The Hall–Kier alpha value is -4.06. The number of nitrogens with zero attached hydrogens (tertiary/aromatic N) is 1. The van der Waals surface area contributed by atoms with Gasteiger partial charge in [-0.3, -0.25) is 14.5 Å². The second kappa shape index (κ2) is 8.51. The topological polar surface area (TPSA) is 67.9 Å². The molecular formula is C31H30N2O4. The number of carbonyl (C=O) groups is 2. The second-order valence-corrected chi connectivity index (χ2v) is 10.5. The van der Waals surface area contributed by atoms with Crippen molar-refractivity contribution in [3.8, 4) is 22.6 Å². The monoisotopic (exact) mass is 494 g/mol. The summed E-state index contributed by atoms with van der Waals surface area (Å²) in [5, 5.41) is 3.65. The summed E-state index contributed by atoms with van der Waals surface area (Å²) in [6.07, 6.45) is 3.30. The van der Waals surface area contributed by atoms with Crippen LogP contribution in [-0.2, 0) is 0 Å². The summed E-state index contributed by atoms with van der Waals surface area (Å²) >= 11 is 0. The molecular weight excluding hydrogens is 464 g/mol. The van der Waals surface area contributed by atoms with E-state index in [4.69, 9.17) is 9.47 Å². The first kappa shape index (κ1) is 23.3. The van der Waals surface area contributed by atoms with Gasteiger partial charge in [-0.25, -0.2) is 0 Å². The molecule has 1 N–H and O–H groups in total. The van der Waals surface area contributed by atoms with Gasteiger partial charge in [0.2, 0.25) is 0 Å². The van der Waals surface area contributed by atoms with E-state index < -0.39 is 0 Å². The van der Waals surface area contributed by atoms with Crippen molar-refractivity contribution >= 4 is 23.1 Å². The zero-order chi connectivity index (χ0) is 25.9. The Bertz CT molecular complexity index is 1450. The molecule has 2 amide bonds. The van der Waals surface area contributed by atoms with Crippen LogP contribution in [0.4, 0.5) is 5.69 Å². The summed E-state index contributed by atoms with van der Waals surface area (Å²) in [5.74, 6) is 1.11. The number of nitrogens with one attached hydrogen (secondary N) is 1. The Balaban J connectivity index is 1.35. The van der Waals surface area contributed by atoms with Gasteiger partial charge in [0.1, 0.15) is 17.6 Å². The molecule has 6 heteroatoms. The normalized spacial score (nSPS) is 18.6. The molecule has 6 nitrogen and oxygen atoms in total. The van der Waals surface area contributed by atoms with E-state index in [1.807, 2.05) is 18.2 Å². The van der Waals surface area contributed by atoms with Gasteiger partial charge in [0, 0.05) is 23.4 Å². The third-order valence-electron chi connectivity index (χ3n) is 7.47. The average molecular weight is 495 g/mol. The third kappa shape index (κ3) is 3.70. The first-order valence-corrected chi connectivity index (χ1v) is 12.7. The van der Waals surface area contributed by atoms with Crippen LogP contribution in [0.1, 0.15) is 71.6 Å². The molecule has 188 valence electrons. The molecule has 0 saturated heterocycles. The zero-order valence-corrected chi connectivity index (χ0v) is 21.6. The summed E-state index contributed by atoms with van der Waals surface area (Å²) in [7, 11) is 1.68. The molecule has 0 bridgehead atoms. The van der Waals surface area contributed by atoms with E-state index in [2.05, 4.69) is 44.3 Å². The maximum Gasteiger partial charge on any atom is 0.261 e. The highest BCUT2D eigenvalue weighted by Crippen LogP contribution is 2.52. The Labute approximate surface area is 216 Å². The van der Waals surface area contributed by atoms with E-state index >= 15 is 0 Å². The summed E-state index contributed by atoms with van der Waals surface area (Å²) in [6.45, 7) is 6.82. The number of hydrogen-bond acceptors (Lipinski definition) is 5. The maximum atomic E-state index is 12.9. The average Bonchev–Trinajstić information content (AvgIpc) is 3.12. The molecule has 0 radical (unpaired) electrons. The van der Waals surface area contributed by atoms with Gasteiger partial charge < -0.3 is 14.8 Å². The van der Waals surface area contributed by atoms with Gasteiger partial charge in [-0.1, -0.05) is 30.3 Å². The molecule has 3 aromatic rings. The molecule has 0 aromatic heterocycles. The van der Waals surface area contributed by atoms with Gasteiger partial charge in [0.25, 0.3) is 11.8 Å². The molecule has 1 unspecified atom stereocenters. The molecule has 0 fully saturated rings. The number of rotatable bonds is 5. The van der Waals surface area contributed by atoms with Crippen molar-refractivity contribution in [3.63, 3.8) is 0 Å². The Morgan fingerprint density at radius 2 is 1.68 bits per heavy atom. The molecule has 0 saturated carbocycles. The van der Waals surface area contributed by atoms with Crippen LogP contribution in [0, 0.1) is 0 Å². The Morgan fingerprint density at radius 1 is 0.946 bits per heavy atom. The van der Waals surface area contributed by atoms with Gasteiger partial charge in [-0.2, -0.15) is 0 Å². The smallest absolute Gasteiger partial charge is 0.261 e. The fourth-order valence-corrected chi connectivity index (χ4v) is 6.03. The van der Waals surface area contributed by atoms with Gasteiger partial charge in [-0.15, -0.1) is 0 Å². The predicted molar refractivity (Wildman–Crippen MR) is 144 cm³/mol. The Kier molecular flexibility index (Phi) is 5.37. The lowest BCUT2D eigenvalue weighted by Crippen LogP contribution is -2.33. The van der Waals surface area contributed by atoms with Crippen molar-refractivity contribution in [2.24, 2.45) is 0 Å². The van der Waals surface area contributed by atoms with Crippen LogP contribution in [0.5, 0.6) is 11.5 Å². The van der Waals surface area contributed by atoms with Crippen molar-refractivity contribution in [2.45, 2.75) is 45.3 Å². The molecule has 0 aliphatic carbocycles. The molecule has 3 aromatic carbocycles. The van der Waals surface area contributed by atoms with Crippen LogP contribution in [0.25, 0.3) is 16.7 Å². The van der Waals surface area contributed by atoms with Crippen LogP contribution in [-0.4, -0.2) is 35.9 Å². The van der Waals surface area contributed by atoms with Gasteiger partial charge in [-0.05, 0) is 75.1 Å². The first-order valence-electron chi connectivity index (χ1n) is 12.7. The predicted octanol–water partition coefficient (Wildman–Crippen LogP) is 6.48. The summed E-state index contributed by atoms with van der Waals surface area (Å²) < 4.78 is 12.3. The van der Waals surface area contributed by atoms with Crippen LogP contribution in [0.15, 0.2) is 60.7 Å². The highest BCUT2D eigenvalue weighted by Gasteiger charge is 2.37. The molecule has 3 aliphatic heterocycles. The van der Waals surface area contributed by atoms with Gasteiger partial charge >= 0.3 is 0 Å². The molecule has 37 heavy (non-hydrogen) atoms.